The summed E-state index contributed by atoms with van der Waals surface area (Å²) in [4.78, 5) is 32.4. The van der Waals surface area contributed by atoms with Crippen molar-refractivity contribution in [2.24, 2.45) is 5.92 Å². The van der Waals surface area contributed by atoms with Crippen molar-refractivity contribution in [1.29, 1.82) is 0 Å². The normalized spacial score (nSPS) is 18.7. The molecule has 3 heterocycles. The van der Waals surface area contributed by atoms with Crippen LogP contribution in [0.1, 0.15) is 62.9 Å². The number of benzene rings is 1. The van der Waals surface area contributed by atoms with Gasteiger partial charge < -0.3 is 19.7 Å². The van der Waals surface area contributed by atoms with E-state index in [1.54, 1.807) is 10.9 Å². The number of nitrogens with zero attached hydrogens (tertiary/aromatic N) is 4. The minimum atomic E-state index is -0.745. The maximum absolute atomic E-state index is 13.6. The molecule has 36 heavy (non-hydrogen) atoms. The Labute approximate surface area is 211 Å². The highest BCUT2D eigenvalue weighted by molar-refractivity contribution is 5.90. The molecule has 2 aromatic heterocycles. The molecule has 2 N–H and O–H groups in total. The molecule has 192 valence electrons. The summed E-state index contributed by atoms with van der Waals surface area (Å²) in [5, 5.41) is 17.7. The van der Waals surface area contributed by atoms with Crippen molar-refractivity contribution in [3.05, 3.63) is 59.9 Å². The summed E-state index contributed by atoms with van der Waals surface area (Å²) >= 11 is 0. The molecule has 0 saturated carbocycles. The van der Waals surface area contributed by atoms with Gasteiger partial charge in [0.25, 0.3) is 0 Å². The molecule has 3 aromatic rings. The quantitative estimate of drug-likeness (QED) is 0.497. The van der Waals surface area contributed by atoms with Gasteiger partial charge in [-0.05, 0) is 29.9 Å². The van der Waals surface area contributed by atoms with E-state index >= 15 is 0 Å². The Hall–Kier alpha value is -3.46. The molecule has 0 aliphatic carbocycles. The first-order valence-electron chi connectivity index (χ1n) is 12.5. The first kappa shape index (κ1) is 25.6. The standard InChI is InChI=1S/C27H35N5O4/c1-16(2)21-12-30-32(13-21)24(17(3)4)27(35)31-14-22(33)10-23(31)26(34)28-11-19-6-8-20(9-7-19)25-18(5)29-15-36-25/h6-9,12-13,15-17,22-24,33H,10-11,14H2,1-5H3,(H,28,34). The Morgan fingerprint density at radius 3 is 2.50 bits per heavy atom. The summed E-state index contributed by atoms with van der Waals surface area (Å²) < 4.78 is 7.13. The third kappa shape index (κ3) is 5.36. The third-order valence-electron chi connectivity index (χ3n) is 6.75. The molecule has 9 nitrogen and oxygen atoms in total. The zero-order chi connectivity index (χ0) is 26.0. The van der Waals surface area contributed by atoms with Gasteiger partial charge in [-0.25, -0.2) is 4.98 Å². The lowest BCUT2D eigenvalue weighted by Gasteiger charge is -2.30. The molecule has 3 atom stereocenters. The number of β-amino-alcohol motifs (C(OH)–C–C–N with tert-alkyl or cyclic N) is 1. The highest BCUT2D eigenvalue weighted by Crippen LogP contribution is 2.28. The van der Waals surface area contributed by atoms with Crippen LogP contribution in [0, 0.1) is 12.8 Å². The molecule has 9 heteroatoms. The van der Waals surface area contributed by atoms with Crippen LogP contribution in [0.15, 0.2) is 47.5 Å². The van der Waals surface area contributed by atoms with Crippen LogP contribution in [0.25, 0.3) is 11.3 Å². The second-order valence-corrected chi connectivity index (χ2v) is 10.2. The molecule has 1 saturated heterocycles. The summed E-state index contributed by atoms with van der Waals surface area (Å²) in [6, 6.07) is 6.40. The molecule has 1 aliphatic rings. The van der Waals surface area contributed by atoms with Crippen LogP contribution >= 0.6 is 0 Å². The van der Waals surface area contributed by atoms with Gasteiger partial charge in [-0.15, -0.1) is 0 Å². The molecule has 0 bridgehead atoms. The predicted molar refractivity (Wildman–Crippen MR) is 135 cm³/mol. The van der Waals surface area contributed by atoms with E-state index in [2.05, 4.69) is 29.2 Å². The van der Waals surface area contributed by atoms with E-state index in [0.717, 1.165) is 28.1 Å². The largest absolute Gasteiger partial charge is 0.443 e. The van der Waals surface area contributed by atoms with E-state index in [1.807, 2.05) is 51.2 Å². The molecule has 1 aliphatic heterocycles. The second kappa shape index (κ2) is 10.7. The summed E-state index contributed by atoms with van der Waals surface area (Å²) in [7, 11) is 0. The van der Waals surface area contributed by atoms with E-state index < -0.39 is 18.2 Å². The van der Waals surface area contributed by atoms with Gasteiger partial charge in [0, 0.05) is 31.3 Å². The van der Waals surface area contributed by atoms with E-state index in [-0.39, 0.29) is 30.7 Å². The van der Waals surface area contributed by atoms with Crippen molar-refractivity contribution in [2.45, 2.75) is 71.7 Å². The Kier molecular flexibility index (Phi) is 7.59. The average molecular weight is 494 g/mol. The molecule has 2 amide bonds. The van der Waals surface area contributed by atoms with Crippen LogP contribution in [0.4, 0.5) is 0 Å². The number of nitrogens with one attached hydrogen (secondary N) is 1. The van der Waals surface area contributed by atoms with Crippen molar-refractivity contribution in [1.82, 2.24) is 25.0 Å². The number of aliphatic hydroxyl groups excluding tert-OH is 1. The van der Waals surface area contributed by atoms with Gasteiger partial charge in [-0.1, -0.05) is 52.0 Å². The Balaban J connectivity index is 1.44. The fourth-order valence-corrected chi connectivity index (χ4v) is 4.64. The minimum absolute atomic E-state index is 0.0367. The molecule has 1 aromatic carbocycles. The van der Waals surface area contributed by atoms with Gasteiger partial charge in [0.2, 0.25) is 11.8 Å². The lowest BCUT2D eigenvalue weighted by molar-refractivity contribution is -0.142. The predicted octanol–water partition coefficient (Wildman–Crippen LogP) is 3.45. The van der Waals surface area contributed by atoms with E-state index in [1.165, 1.54) is 11.3 Å². The number of likely N-dealkylation sites (tertiary alicyclic amines) is 1. The zero-order valence-corrected chi connectivity index (χ0v) is 21.5. The first-order valence-corrected chi connectivity index (χ1v) is 12.5. The maximum Gasteiger partial charge on any atom is 0.248 e. The van der Waals surface area contributed by atoms with Crippen molar-refractivity contribution in [3.8, 4) is 11.3 Å². The van der Waals surface area contributed by atoms with Gasteiger partial charge in [0.1, 0.15) is 12.1 Å². The number of carbonyl (C=O) groups is 2. The Morgan fingerprint density at radius 2 is 1.92 bits per heavy atom. The van der Waals surface area contributed by atoms with Gasteiger partial charge in [0.15, 0.2) is 12.2 Å². The molecule has 0 radical (unpaired) electrons. The average Bonchev–Trinajstić information content (AvgIpc) is 3.58. The number of hydrogen-bond donors (Lipinski definition) is 2. The van der Waals surface area contributed by atoms with E-state index in [4.69, 9.17) is 4.42 Å². The van der Waals surface area contributed by atoms with E-state index in [0.29, 0.717) is 12.5 Å². The number of aliphatic hydroxyl groups is 1. The van der Waals surface area contributed by atoms with E-state index in [9.17, 15) is 14.7 Å². The number of oxazole rings is 1. The zero-order valence-electron chi connectivity index (χ0n) is 21.5. The highest BCUT2D eigenvalue weighted by atomic mass is 16.3. The minimum Gasteiger partial charge on any atom is -0.443 e. The number of aromatic nitrogens is 3. The van der Waals surface area contributed by atoms with Crippen LogP contribution in [-0.4, -0.2) is 55.3 Å². The molecular formula is C27H35N5O4. The smallest absolute Gasteiger partial charge is 0.248 e. The van der Waals surface area contributed by atoms with Crippen molar-refractivity contribution < 1.29 is 19.1 Å². The van der Waals surface area contributed by atoms with Gasteiger partial charge >= 0.3 is 0 Å². The molecule has 4 rings (SSSR count). The lowest BCUT2D eigenvalue weighted by Crippen LogP contribution is -2.49. The molecule has 1 fully saturated rings. The van der Waals surface area contributed by atoms with Gasteiger partial charge in [0.05, 0.1) is 18.0 Å². The van der Waals surface area contributed by atoms with Crippen molar-refractivity contribution >= 4 is 11.8 Å². The fraction of sp³-hybridized carbons (Fsp3) is 0.481. The lowest BCUT2D eigenvalue weighted by atomic mass is 10.0. The van der Waals surface area contributed by atoms with Gasteiger partial charge in [-0.3, -0.25) is 14.3 Å². The first-order chi connectivity index (χ1) is 17.2. The fourth-order valence-electron chi connectivity index (χ4n) is 4.64. The highest BCUT2D eigenvalue weighted by Gasteiger charge is 2.42. The number of carbonyl (C=O) groups excluding carboxylic acids is 2. The number of amides is 2. The monoisotopic (exact) mass is 493 g/mol. The third-order valence-corrected chi connectivity index (χ3v) is 6.75. The van der Waals surface area contributed by atoms with Gasteiger partial charge in [-0.2, -0.15) is 5.10 Å². The molecular weight excluding hydrogens is 458 g/mol. The van der Waals surface area contributed by atoms with Crippen LogP contribution in [0.3, 0.4) is 0 Å². The topological polar surface area (TPSA) is 113 Å². The van der Waals surface area contributed by atoms with Crippen LogP contribution in [0.5, 0.6) is 0 Å². The molecule has 3 unspecified atom stereocenters. The summed E-state index contributed by atoms with van der Waals surface area (Å²) in [6.07, 6.45) is 4.57. The molecule has 0 spiro atoms. The number of rotatable bonds is 8. The summed E-state index contributed by atoms with van der Waals surface area (Å²) in [5.74, 6) is 0.498. The summed E-state index contributed by atoms with van der Waals surface area (Å²) in [6.45, 7) is 10.4. The number of hydrogen-bond acceptors (Lipinski definition) is 6. The SMILES string of the molecule is Cc1ncoc1-c1ccc(CNC(=O)C2CC(O)CN2C(=O)C(C(C)C)n2cc(C(C)C)cn2)cc1. The van der Waals surface area contributed by atoms with Crippen molar-refractivity contribution in [3.63, 3.8) is 0 Å². The summed E-state index contributed by atoms with van der Waals surface area (Å²) in [5.41, 5.74) is 3.69. The van der Waals surface area contributed by atoms with Crippen LogP contribution < -0.4 is 5.32 Å². The maximum atomic E-state index is 13.6. The Bertz CT molecular complexity index is 1200. The number of aryl methyl sites for hydroxylation is 1. The van der Waals surface area contributed by atoms with Crippen LogP contribution in [-0.2, 0) is 16.1 Å². The van der Waals surface area contributed by atoms with Crippen LogP contribution in [0.2, 0.25) is 0 Å². The second-order valence-electron chi connectivity index (χ2n) is 10.2. The van der Waals surface area contributed by atoms with Crippen molar-refractivity contribution in [2.75, 3.05) is 6.54 Å². The Morgan fingerprint density at radius 1 is 1.19 bits per heavy atom.